The number of rotatable bonds is 3. The molecule has 1 aromatic carbocycles. The molecule has 1 heterocycles. The highest BCUT2D eigenvalue weighted by Crippen LogP contribution is 2.29. The first kappa shape index (κ1) is 13.2. The summed E-state index contributed by atoms with van der Waals surface area (Å²) >= 11 is 11.7. The number of aryl methyl sites for hydroxylation is 1. The summed E-state index contributed by atoms with van der Waals surface area (Å²) in [5.74, 6) is 1.47. The number of fused-ring (bicyclic) bond motifs is 1. The predicted molar refractivity (Wildman–Crippen MR) is 72.9 cm³/mol. The molecule has 1 aromatic heterocycles. The van der Waals surface area contributed by atoms with E-state index in [0.717, 1.165) is 0 Å². The van der Waals surface area contributed by atoms with Crippen molar-refractivity contribution in [3.63, 3.8) is 0 Å². The van der Waals surface area contributed by atoms with E-state index in [1.165, 1.54) is 0 Å². The summed E-state index contributed by atoms with van der Waals surface area (Å²) < 4.78 is 10.9. The first-order valence-electron chi connectivity index (χ1n) is 5.38. The van der Waals surface area contributed by atoms with E-state index in [1.807, 2.05) is 0 Å². The first-order valence-corrected chi connectivity index (χ1v) is 6.45. The van der Waals surface area contributed by atoms with Crippen molar-refractivity contribution in [3.8, 4) is 5.75 Å². The maximum Gasteiger partial charge on any atom is 0.197 e. The van der Waals surface area contributed by atoms with Gasteiger partial charge in [0.1, 0.15) is 17.1 Å². The Hall–Kier alpha value is -1.19. The number of methoxy groups -OCH3 is 1. The molecule has 0 aliphatic rings. The van der Waals surface area contributed by atoms with Crippen LogP contribution >= 0.6 is 23.2 Å². The number of hydrogen-bond acceptors (Lipinski definition) is 3. The zero-order valence-electron chi connectivity index (χ0n) is 10.0. The van der Waals surface area contributed by atoms with E-state index >= 15 is 0 Å². The lowest BCUT2D eigenvalue weighted by molar-refractivity contribution is 0.410. The Bertz CT molecular complexity index is 647. The third-order valence-corrected chi connectivity index (χ3v) is 3.44. The monoisotopic (exact) mass is 286 g/mol. The van der Waals surface area contributed by atoms with Crippen LogP contribution in [0.5, 0.6) is 5.75 Å². The van der Waals surface area contributed by atoms with Crippen LogP contribution in [0.2, 0.25) is 0 Å². The van der Waals surface area contributed by atoms with Crippen LogP contribution in [0.1, 0.15) is 16.9 Å². The fourth-order valence-corrected chi connectivity index (χ4v) is 2.48. The van der Waals surface area contributed by atoms with Gasteiger partial charge in [-0.3, -0.25) is 4.79 Å². The number of benzene rings is 1. The largest absolute Gasteiger partial charge is 0.496 e. The lowest BCUT2D eigenvalue weighted by Crippen LogP contribution is -2.10. The highest BCUT2D eigenvalue weighted by atomic mass is 35.5. The van der Waals surface area contributed by atoms with Crippen molar-refractivity contribution >= 4 is 34.2 Å². The van der Waals surface area contributed by atoms with Gasteiger partial charge in [-0.25, -0.2) is 0 Å². The second-order valence-electron chi connectivity index (χ2n) is 3.86. The Morgan fingerprint density at radius 1 is 1.22 bits per heavy atom. The number of halogens is 2. The van der Waals surface area contributed by atoms with Gasteiger partial charge in [-0.05, 0) is 19.1 Å². The molecule has 0 saturated carbocycles. The van der Waals surface area contributed by atoms with Crippen LogP contribution in [0.4, 0.5) is 0 Å². The van der Waals surface area contributed by atoms with Crippen molar-refractivity contribution in [3.05, 3.63) is 39.2 Å². The lowest BCUT2D eigenvalue weighted by Gasteiger charge is -2.10. The van der Waals surface area contributed by atoms with Gasteiger partial charge in [-0.15, -0.1) is 23.2 Å². The summed E-state index contributed by atoms with van der Waals surface area (Å²) in [4.78, 5) is 12.2. The van der Waals surface area contributed by atoms with Gasteiger partial charge in [0, 0.05) is 0 Å². The molecular formula is C13H12Cl2O3. The van der Waals surface area contributed by atoms with E-state index in [1.54, 1.807) is 26.2 Å². The molecule has 0 atom stereocenters. The van der Waals surface area contributed by atoms with Gasteiger partial charge in [0.15, 0.2) is 5.43 Å². The van der Waals surface area contributed by atoms with Crippen molar-refractivity contribution in [1.29, 1.82) is 0 Å². The SMILES string of the molecule is COc1ccc2c(=O)c(CCl)c(C)oc2c1CCl. The maximum atomic E-state index is 12.2. The summed E-state index contributed by atoms with van der Waals surface area (Å²) in [5, 5.41) is 0.479. The molecule has 0 N–H and O–H groups in total. The Morgan fingerprint density at radius 2 is 1.89 bits per heavy atom. The standard InChI is InChI=1S/C13H12Cl2O3/c1-7-9(5-14)12(16)8-3-4-11(17-2)10(6-15)13(8)18-7/h3-4H,5-6H2,1-2H3. The molecule has 2 aromatic rings. The smallest absolute Gasteiger partial charge is 0.197 e. The minimum Gasteiger partial charge on any atom is -0.496 e. The zero-order chi connectivity index (χ0) is 13.3. The molecule has 2 rings (SSSR count). The first-order chi connectivity index (χ1) is 8.63. The van der Waals surface area contributed by atoms with Crippen molar-refractivity contribution in [2.45, 2.75) is 18.7 Å². The van der Waals surface area contributed by atoms with Crippen LogP contribution in [0, 0.1) is 6.92 Å². The van der Waals surface area contributed by atoms with Crippen molar-refractivity contribution in [2.75, 3.05) is 7.11 Å². The molecule has 96 valence electrons. The number of ether oxygens (including phenoxy) is 1. The molecule has 0 saturated heterocycles. The summed E-state index contributed by atoms with van der Waals surface area (Å²) in [7, 11) is 1.55. The highest BCUT2D eigenvalue weighted by Gasteiger charge is 2.16. The highest BCUT2D eigenvalue weighted by molar-refractivity contribution is 6.18. The van der Waals surface area contributed by atoms with Crippen molar-refractivity contribution < 1.29 is 9.15 Å². The maximum absolute atomic E-state index is 12.2. The summed E-state index contributed by atoms with van der Waals surface area (Å²) in [6.45, 7) is 1.72. The fourth-order valence-electron chi connectivity index (χ4n) is 1.91. The van der Waals surface area contributed by atoms with Crippen LogP contribution in [0.3, 0.4) is 0 Å². The molecule has 0 aliphatic carbocycles. The predicted octanol–water partition coefficient (Wildman–Crippen LogP) is 3.59. The molecule has 0 bridgehead atoms. The Morgan fingerprint density at radius 3 is 2.44 bits per heavy atom. The summed E-state index contributed by atoms with van der Waals surface area (Å²) in [5.41, 5.74) is 1.52. The minimum atomic E-state index is -0.113. The zero-order valence-corrected chi connectivity index (χ0v) is 11.6. The third-order valence-electron chi connectivity index (χ3n) is 2.90. The molecule has 3 nitrogen and oxygen atoms in total. The van der Waals surface area contributed by atoms with Gasteiger partial charge in [0.05, 0.1) is 35.4 Å². The average molecular weight is 287 g/mol. The number of hydrogen-bond donors (Lipinski definition) is 0. The van der Waals surface area contributed by atoms with E-state index in [-0.39, 0.29) is 17.2 Å². The van der Waals surface area contributed by atoms with E-state index in [9.17, 15) is 4.79 Å². The van der Waals surface area contributed by atoms with Gasteiger partial charge in [0.2, 0.25) is 0 Å². The molecule has 0 aliphatic heterocycles. The van der Waals surface area contributed by atoms with Crippen LogP contribution in [-0.4, -0.2) is 7.11 Å². The Balaban J connectivity index is 2.92. The number of alkyl halides is 2. The molecule has 0 fully saturated rings. The molecule has 0 unspecified atom stereocenters. The third kappa shape index (κ3) is 1.98. The van der Waals surface area contributed by atoms with Gasteiger partial charge in [-0.2, -0.15) is 0 Å². The van der Waals surface area contributed by atoms with Crippen molar-refractivity contribution in [2.24, 2.45) is 0 Å². The second-order valence-corrected chi connectivity index (χ2v) is 4.39. The molecule has 0 spiro atoms. The van der Waals surface area contributed by atoms with Crippen LogP contribution in [0.25, 0.3) is 11.0 Å². The minimum absolute atomic E-state index is 0.113. The van der Waals surface area contributed by atoms with E-state index in [2.05, 4.69) is 0 Å². The van der Waals surface area contributed by atoms with Crippen LogP contribution < -0.4 is 10.2 Å². The summed E-state index contributed by atoms with van der Waals surface area (Å²) in [6, 6.07) is 3.38. The second kappa shape index (κ2) is 5.21. The summed E-state index contributed by atoms with van der Waals surface area (Å²) in [6.07, 6.45) is 0. The normalized spacial score (nSPS) is 10.9. The quantitative estimate of drug-likeness (QED) is 0.810. The molecule has 0 radical (unpaired) electrons. The Labute approximate surface area is 114 Å². The van der Waals surface area contributed by atoms with E-state index in [4.69, 9.17) is 32.4 Å². The fraction of sp³-hybridized carbons (Fsp3) is 0.308. The van der Waals surface area contributed by atoms with Gasteiger partial charge in [0.25, 0.3) is 0 Å². The van der Waals surface area contributed by atoms with Crippen LogP contribution in [0.15, 0.2) is 21.3 Å². The Kier molecular flexibility index (Phi) is 3.83. The molecular weight excluding hydrogens is 275 g/mol. The van der Waals surface area contributed by atoms with Gasteiger partial charge >= 0.3 is 0 Å². The van der Waals surface area contributed by atoms with Crippen LogP contribution in [-0.2, 0) is 11.8 Å². The molecule has 0 amide bonds. The van der Waals surface area contributed by atoms with E-state index < -0.39 is 0 Å². The van der Waals surface area contributed by atoms with E-state index in [0.29, 0.717) is 33.6 Å². The molecule has 5 heteroatoms. The molecule has 18 heavy (non-hydrogen) atoms. The van der Waals surface area contributed by atoms with Crippen molar-refractivity contribution in [1.82, 2.24) is 0 Å². The topological polar surface area (TPSA) is 39.4 Å². The van der Waals surface area contributed by atoms with Gasteiger partial charge < -0.3 is 9.15 Å². The van der Waals surface area contributed by atoms with Gasteiger partial charge in [-0.1, -0.05) is 0 Å². The lowest BCUT2D eigenvalue weighted by atomic mass is 10.1. The average Bonchev–Trinajstić information content (AvgIpc) is 2.37.